The summed E-state index contributed by atoms with van der Waals surface area (Å²) in [5.74, 6) is 1.00. The fraction of sp³-hybridized carbons (Fsp3) is 0.444. The highest BCUT2D eigenvalue weighted by Crippen LogP contribution is 2.20. The molecule has 0 saturated heterocycles. The van der Waals surface area contributed by atoms with Crippen molar-refractivity contribution in [1.82, 2.24) is 4.98 Å². The normalized spacial score (nSPS) is 15.0. The molecule has 0 spiro atoms. The zero-order valence-corrected chi connectivity index (χ0v) is 7.35. The SMILES string of the molecule is Cc1cc(=O)c2c([nH]1)N(C)CC2. The van der Waals surface area contributed by atoms with E-state index in [9.17, 15) is 4.79 Å². The first kappa shape index (κ1) is 7.40. The summed E-state index contributed by atoms with van der Waals surface area (Å²) in [4.78, 5) is 16.7. The molecule has 0 aliphatic carbocycles. The maximum atomic E-state index is 11.4. The van der Waals surface area contributed by atoms with Crippen LogP contribution in [0.3, 0.4) is 0 Å². The number of nitrogens with one attached hydrogen (secondary N) is 1. The van der Waals surface area contributed by atoms with Gasteiger partial charge in [0.25, 0.3) is 0 Å². The summed E-state index contributed by atoms with van der Waals surface area (Å²) >= 11 is 0. The first-order valence-electron chi connectivity index (χ1n) is 4.12. The van der Waals surface area contributed by atoms with Crippen LogP contribution in [0.4, 0.5) is 5.82 Å². The van der Waals surface area contributed by atoms with Crippen LogP contribution in [-0.2, 0) is 6.42 Å². The smallest absolute Gasteiger partial charge is 0.187 e. The van der Waals surface area contributed by atoms with Crippen LogP contribution < -0.4 is 10.3 Å². The Balaban J connectivity index is 2.68. The van der Waals surface area contributed by atoms with Gasteiger partial charge in [-0.05, 0) is 13.3 Å². The van der Waals surface area contributed by atoms with Crippen molar-refractivity contribution < 1.29 is 0 Å². The molecule has 1 aliphatic rings. The van der Waals surface area contributed by atoms with Gasteiger partial charge in [0, 0.05) is 30.9 Å². The number of H-pyrrole nitrogens is 1. The number of aryl methyl sites for hydroxylation is 1. The highest BCUT2D eigenvalue weighted by atomic mass is 16.1. The molecular weight excluding hydrogens is 152 g/mol. The Morgan fingerprint density at radius 1 is 1.58 bits per heavy atom. The van der Waals surface area contributed by atoms with E-state index in [0.29, 0.717) is 0 Å². The molecular formula is C9H12N2O. The molecule has 1 aromatic heterocycles. The summed E-state index contributed by atoms with van der Waals surface area (Å²) in [7, 11) is 2.00. The third-order valence-corrected chi connectivity index (χ3v) is 2.33. The molecule has 0 amide bonds. The minimum atomic E-state index is 0.172. The fourth-order valence-electron chi connectivity index (χ4n) is 1.66. The van der Waals surface area contributed by atoms with Crippen molar-refractivity contribution in [2.75, 3.05) is 18.5 Å². The monoisotopic (exact) mass is 164 g/mol. The average Bonchev–Trinajstić information content (AvgIpc) is 2.33. The molecule has 0 radical (unpaired) electrons. The minimum Gasteiger partial charge on any atom is -0.361 e. The van der Waals surface area contributed by atoms with Crippen molar-refractivity contribution in [2.45, 2.75) is 13.3 Å². The van der Waals surface area contributed by atoms with Gasteiger partial charge in [-0.2, -0.15) is 0 Å². The Labute approximate surface area is 71.0 Å². The fourth-order valence-corrected chi connectivity index (χ4v) is 1.66. The third-order valence-electron chi connectivity index (χ3n) is 2.33. The molecule has 0 saturated carbocycles. The summed E-state index contributed by atoms with van der Waals surface area (Å²) < 4.78 is 0. The van der Waals surface area contributed by atoms with E-state index in [1.165, 1.54) is 0 Å². The molecule has 12 heavy (non-hydrogen) atoms. The van der Waals surface area contributed by atoms with Gasteiger partial charge in [-0.25, -0.2) is 0 Å². The van der Waals surface area contributed by atoms with E-state index in [2.05, 4.69) is 9.88 Å². The lowest BCUT2D eigenvalue weighted by Crippen LogP contribution is -2.14. The van der Waals surface area contributed by atoms with Crippen molar-refractivity contribution in [1.29, 1.82) is 0 Å². The maximum absolute atomic E-state index is 11.4. The minimum absolute atomic E-state index is 0.172. The highest BCUT2D eigenvalue weighted by molar-refractivity contribution is 5.51. The zero-order chi connectivity index (χ0) is 8.72. The predicted molar refractivity (Wildman–Crippen MR) is 48.8 cm³/mol. The summed E-state index contributed by atoms with van der Waals surface area (Å²) in [6, 6.07) is 1.66. The molecule has 2 heterocycles. The number of hydrogen-bond acceptors (Lipinski definition) is 2. The van der Waals surface area contributed by atoms with Crippen molar-refractivity contribution in [3.8, 4) is 0 Å². The van der Waals surface area contributed by atoms with E-state index in [1.807, 2.05) is 14.0 Å². The molecule has 0 bridgehead atoms. The van der Waals surface area contributed by atoms with Crippen LogP contribution >= 0.6 is 0 Å². The average molecular weight is 164 g/mol. The summed E-state index contributed by atoms with van der Waals surface area (Å²) in [6.07, 6.45) is 0.876. The number of nitrogens with zero attached hydrogens (tertiary/aromatic N) is 1. The van der Waals surface area contributed by atoms with Crippen molar-refractivity contribution in [3.63, 3.8) is 0 Å². The summed E-state index contributed by atoms with van der Waals surface area (Å²) in [5.41, 5.74) is 2.04. The number of fused-ring (bicyclic) bond motifs is 1. The van der Waals surface area contributed by atoms with Gasteiger partial charge < -0.3 is 9.88 Å². The number of pyridine rings is 1. The van der Waals surface area contributed by atoms with E-state index >= 15 is 0 Å². The molecule has 64 valence electrons. The number of aromatic nitrogens is 1. The number of anilines is 1. The van der Waals surface area contributed by atoms with E-state index in [4.69, 9.17) is 0 Å². The molecule has 0 unspecified atom stereocenters. The van der Waals surface area contributed by atoms with Gasteiger partial charge in [0.2, 0.25) is 0 Å². The maximum Gasteiger partial charge on any atom is 0.187 e. The molecule has 0 atom stereocenters. The number of hydrogen-bond donors (Lipinski definition) is 1. The van der Waals surface area contributed by atoms with E-state index in [1.54, 1.807) is 6.07 Å². The largest absolute Gasteiger partial charge is 0.361 e. The second kappa shape index (κ2) is 2.37. The second-order valence-corrected chi connectivity index (χ2v) is 3.32. The van der Waals surface area contributed by atoms with Crippen molar-refractivity contribution in [3.05, 3.63) is 27.5 Å². The number of rotatable bonds is 0. The van der Waals surface area contributed by atoms with Crippen LogP contribution in [0.5, 0.6) is 0 Å². The molecule has 2 rings (SSSR count). The predicted octanol–water partition coefficient (Wildman–Crippen LogP) is 0.676. The molecule has 0 fully saturated rings. The number of likely N-dealkylation sites (N-methyl/N-ethyl adjacent to an activating group) is 1. The molecule has 1 aliphatic heterocycles. The van der Waals surface area contributed by atoms with Crippen LogP contribution in [0.15, 0.2) is 10.9 Å². The molecule has 0 aromatic carbocycles. The lowest BCUT2D eigenvalue weighted by molar-refractivity contribution is 0.942. The van der Waals surface area contributed by atoms with Gasteiger partial charge in [-0.15, -0.1) is 0 Å². The first-order valence-corrected chi connectivity index (χ1v) is 4.12. The van der Waals surface area contributed by atoms with Gasteiger partial charge in [0.05, 0.1) is 0 Å². The molecule has 3 nitrogen and oxygen atoms in total. The Hall–Kier alpha value is -1.25. The van der Waals surface area contributed by atoms with Gasteiger partial charge in [-0.3, -0.25) is 4.79 Å². The van der Waals surface area contributed by atoms with Gasteiger partial charge in [-0.1, -0.05) is 0 Å². The van der Waals surface area contributed by atoms with Crippen LogP contribution in [0.1, 0.15) is 11.3 Å². The molecule has 1 aromatic rings. The Bertz CT molecular complexity index is 367. The van der Waals surface area contributed by atoms with Gasteiger partial charge in [0.1, 0.15) is 5.82 Å². The topological polar surface area (TPSA) is 36.1 Å². The van der Waals surface area contributed by atoms with Crippen molar-refractivity contribution in [2.24, 2.45) is 0 Å². The van der Waals surface area contributed by atoms with Crippen LogP contribution in [0.2, 0.25) is 0 Å². The lowest BCUT2D eigenvalue weighted by atomic mass is 10.2. The van der Waals surface area contributed by atoms with Gasteiger partial charge >= 0.3 is 0 Å². The van der Waals surface area contributed by atoms with E-state index in [-0.39, 0.29) is 5.43 Å². The van der Waals surface area contributed by atoms with Crippen LogP contribution in [0, 0.1) is 6.92 Å². The lowest BCUT2D eigenvalue weighted by Gasteiger charge is -2.11. The molecule has 1 N–H and O–H groups in total. The Kier molecular flexibility index (Phi) is 1.46. The quantitative estimate of drug-likeness (QED) is 0.612. The number of aromatic amines is 1. The third kappa shape index (κ3) is 0.932. The van der Waals surface area contributed by atoms with Crippen LogP contribution in [-0.4, -0.2) is 18.6 Å². The van der Waals surface area contributed by atoms with Crippen molar-refractivity contribution >= 4 is 5.82 Å². The zero-order valence-electron chi connectivity index (χ0n) is 7.35. The van der Waals surface area contributed by atoms with Gasteiger partial charge in [0.15, 0.2) is 5.43 Å². The highest BCUT2D eigenvalue weighted by Gasteiger charge is 2.18. The Morgan fingerprint density at radius 2 is 2.33 bits per heavy atom. The standard InChI is InChI=1S/C9H12N2O/c1-6-5-8(12)7-3-4-11(2)9(7)10-6/h5H,3-4H2,1-2H3,(H,10,12). The van der Waals surface area contributed by atoms with E-state index < -0.39 is 0 Å². The Morgan fingerprint density at radius 3 is 3.08 bits per heavy atom. The van der Waals surface area contributed by atoms with Crippen LogP contribution in [0.25, 0.3) is 0 Å². The second-order valence-electron chi connectivity index (χ2n) is 3.32. The van der Waals surface area contributed by atoms with E-state index in [0.717, 1.165) is 30.0 Å². The summed E-state index contributed by atoms with van der Waals surface area (Å²) in [6.45, 7) is 2.86. The first-order chi connectivity index (χ1) is 5.68. The molecule has 3 heteroatoms. The summed E-state index contributed by atoms with van der Waals surface area (Å²) in [5, 5.41) is 0.